The second-order valence-corrected chi connectivity index (χ2v) is 3.93. The van der Waals surface area contributed by atoms with Crippen LogP contribution in [-0.2, 0) is 4.79 Å². The van der Waals surface area contributed by atoms with Crippen LogP contribution in [0.5, 0.6) is 5.75 Å². The van der Waals surface area contributed by atoms with Gasteiger partial charge in [-0.15, -0.1) is 0 Å². The van der Waals surface area contributed by atoms with E-state index in [9.17, 15) is 4.79 Å². The molecule has 1 atom stereocenters. The second-order valence-electron chi connectivity index (χ2n) is 3.93. The Balaban J connectivity index is 2.23. The van der Waals surface area contributed by atoms with Crippen LogP contribution in [0.4, 0.5) is 0 Å². The number of nitrogens with zero attached hydrogens (tertiary/aromatic N) is 1. The predicted molar refractivity (Wildman–Crippen MR) is 69.0 cm³/mol. The highest BCUT2D eigenvalue weighted by Gasteiger charge is 2.10. The van der Waals surface area contributed by atoms with E-state index >= 15 is 0 Å². The van der Waals surface area contributed by atoms with Crippen LogP contribution in [0.15, 0.2) is 48.8 Å². The van der Waals surface area contributed by atoms with Crippen molar-refractivity contribution in [3.05, 3.63) is 48.8 Å². The minimum absolute atomic E-state index is 0.482. The van der Waals surface area contributed by atoms with Gasteiger partial charge in [-0.25, -0.2) is 0 Å². The number of aromatic nitrogens is 1. The van der Waals surface area contributed by atoms with Crippen molar-refractivity contribution in [3.8, 4) is 16.9 Å². The van der Waals surface area contributed by atoms with Gasteiger partial charge in [-0.2, -0.15) is 0 Å². The van der Waals surface area contributed by atoms with Crippen molar-refractivity contribution in [3.63, 3.8) is 0 Å². The molecule has 1 amide bonds. The summed E-state index contributed by atoms with van der Waals surface area (Å²) in [6, 6.07) is 11.3. The maximum atomic E-state index is 10.9. The lowest BCUT2D eigenvalue weighted by molar-refractivity contribution is -0.123. The largest absolute Gasteiger partial charge is 0.481 e. The molecule has 2 N–H and O–H groups in total. The van der Waals surface area contributed by atoms with Crippen molar-refractivity contribution in [1.29, 1.82) is 0 Å². The topological polar surface area (TPSA) is 65.2 Å². The molecule has 0 radical (unpaired) electrons. The van der Waals surface area contributed by atoms with E-state index in [4.69, 9.17) is 10.5 Å². The van der Waals surface area contributed by atoms with E-state index in [2.05, 4.69) is 4.98 Å². The molecule has 0 aliphatic carbocycles. The molecule has 2 aromatic rings. The van der Waals surface area contributed by atoms with Crippen LogP contribution in [0, 0.1) is 0 Å². The van der Waals surface area contributed by atoms with Gasteiger partial charge in [0.15, 0.2) is 6.10 Å². The Morgan fingerprint density at radius 1 is 1.22 bits per heavy atom. The molecule has 92 valence electrons. The third-order valence-corrected chi connectivity index (χ3v) is 2.56. The Morgan fingerprint density at radius 2 is 1.94 bits per heavy atom. The molecule has 0 aliphatic rings. The molecule has 1 aromatic carbocycles. The summed E-state index contributed by atoms with van der Waals surface area (Å²) in [4.78, 5) is 14.9. The van der Waals surface area contributed by atoms with Gasteiger partial charge in [0, 0.05) is 12.4 Å². The summed E-state index contributed by atoms with van der Waals surface area (Å²) in [7, 11) is 0. The van der Waals surface area contributed by atoms with Crippen LogP contribution in [-0.4, -0.2) is 17.0 Å². The normalized spacial score (nSPS) is 11.8. The smallest absolute Gasteiger partial charge is 0.258 e. The van der Waals surface area contributed by atoms with E-state index in [-0.39, 0.29) is 0 Å². The lowest BCUT2D eigenvalue weighted by atomic mass is 10.1. The highest BCUT2D eigenvalue weighted by Crippen LogP contribution is 2.23. The Labute approximate surface area is 105 Å². The van der Waals surface area contributed by atoms with Crippen LogP contribution < -0.4 is 10.5 Å². The van der Waals surface area contributed by atoms with Crippen molar-refractivity contribution in [2.75, 3.05) is 0 Å². The fourth-order valence-corrected chi connectivity index (χ4v) is 1.56. The van der Waals surface area contributed by atoms with E-state index < -0.39 is 12.0 Å². The molecule has 4 heteroatoms. The van der Waals surface area contributed by atoms with E-state index in [1.54, 1.807) is 25.4 Å². The number of primary amides is 1. The van der Waals surface area contributed by atoms with Gasteiger partial charge in [-0.05, 0) is 42.3 Å². The lowest BCUT2D eigenvalue weighted by Crippen LogP contribution is -2.30. The van der Waals surface area contributed by atoms with Crippen LogP contribution in [0.25, 0.3) is 11.1 Å². The molecular formula is C14H14N2O2. The molecule has 0 saturated heterocycles. The number of ether oxygens (including phenoxy) is 1. The maximum Gasteiger partial charge on any atom is 0.258 e. The maximum absolute atomic E-state index is 10.9. The zero-order valence-corrected chi connectivity index (χ0v) is 10.0. The van der Waals surface area contributed by atoms with Crippen LogP contribution in [0.1, 0.15) is 6.92 Å². The molecular weight excluding hydrogens is 228 g/mol. The Bertz CT molecular complexity index is 541. The number of carbonyl (C=O) groups excluding carboxylic acids is 1. The average molecular weight is 242 g/mol. The number of rotatable bonds is 4. The third-order valence-electron chi connectivity index (χ3n) is 2.56. The molecule has 0 fully saturated rings. The molecule has 1 heterocycles. The van der Waals surface area contributed by atoms with Gasteiger partial charge in [0.25, 0.3) is 5.91 Å². The zero-order chi connectivity index (χ0) is 13.0. The van der Waals surface area contributed by atoms with Gasteiger partial charge < -0.3 is 10.5 Å². The molecule has 0 aliphatic heterocycles. The van der Waals surface area contributed by atoms with Crippen molar-refractivity contribution >= 4 is 5.91 Å². The Hall–Kier alpha value is -2.36. The SMILES string of the molecule is C[C@H](Oc1cccc(-c2ccncc2)c1)C(N)=O. The fourth-order valence-electron chi connectivity index (χ4n) is 1.56. The number of hydrogen-bond donors (Lipinski definition) is 1. The first-order valence-corrected chi connectivity index (χ1v) is 5.63. The third kappa shape index (κ3) is 2.85. The first-order valence-electron chi connectivity index (χ1n) is 5.63. The summed E-state index contributed by atoms with van der Waals surface area (Å²) in [6.07, 6.45) is 2.82. The van der Waals surface area contributed by atoms with Gasteiger partial charge in [-0.3, -0.25) is 9.78 Å². The molecule has 0 unspecified atom stereocenters. The predicted octanol–water partition coefficient (Wildman–Crippen LogP) is 2.00. The molecule has 4 nitrogen and oxygen atoms in total. The highest BCUT2D eigenvalue weighted by atomic mass is 16.5. The van der Waals surface area contributed by atoms with Gasteiger partial charge in [0.05, 0.1) is 0 Å². The van der Waals surface area contributed by atoms with Crippen LogP contribution >= 0.6 is 0 Å². The quantitative estimate of drug-likeness (QED) is 0.891. The number of pyridine rings is 1. The molecule has 2 rings (SSSR count). The monoisotopic (exact) mass is 242 g/mol. The fraction of sp³-hybridized carbons (Fsp3) is 0.143. The lowest BCUT2D eigenvalue weighted by Gasteiger charge is -2.12. The molecule has 0 bridgehead atoms. The first kappa shape index (κ1) is 12.1. The van der Waals surface area contributed by atoms with Crippen LogP contribution in [0.2, 0.25) is 0 Å². The van der Waals surface area contributed by atoms with Crippen molar-refractivity contribution in [2.24, 2.45) is 5.73 Å². The molecule has 0 saturated carbocycles. The van der Waals surface area contributed by atoms with Gasteiger partial charge in [0.2, 0.25) is 0 Å². The van der Waals surface area contributed by atoms with E-state index in [0.717, 1.165) is 11.1 Å². The molecule has 0 spiro atoms. The minimum Gasteiger partial charge on any atom is -0.481 e. The number of hydrogen-bond acceptors (Lipinski definition) is 3. The average Bonchev–Trinajstić information content (AvgIpc) is 2.40. The summed E-state index contributed by atoms with van der Waals surface area (Å²) in [5.41, 5.74) is 7.21. The Morgan fingerprint density at radius 3 is 2.61 bits per heavy atom. The summed E-state index contributed by atoms with van der Waals surface area (Å²) in [5, 5.41) is 0. The number of benzene rings is 1. The summed E-state index contributed by atoms with van der Waals surface area (Å²) < 4.78 is 5.45. The van der Waals surface area contributed by atoms with E-state index in [1.165, 1.54) is 0 Å². The molecule has 18 heavy (non-hydrogen) atoms. The first-order chi connectivity index (χ1) is 8.66. The van der Waals surface area contributed by atoms with Gasteiger partial charge in [0.1, 0.15) is 5.75 Å². The summed E-state index contributed by atoms with van der Waals surface area (Å²) in [5.74, 6) is 0.139. The van der Waals surface area contributed by atoms with Crippen molar-refractivity contribution in [2.45, 2.75) is 13.0 Å². The van der Waals surface area contributed by atoms with Gasteiger partial charge >= 0.3 is 0 Å². The van der Waals surface area contributed by atoms with Crippen LogP contribution in [0.3, 0.4) is 0 Å². The van der Waals surface area contributed by atoms with Crippen molar-refractivity contribution < 1.29 is 9.53 Å². The zero-order valence-electron chi connectivity index (χ0n) is 10.0. The van der Waals surface area contributed by atoms with Gasteiger partial charge in [-0.1, -0.05) is 12.1 Å². The standard InChI is InChI=1S/C14H14N2O2/c1-10(14(15)17)18-13-4-2-3-12(9-13)11-5-7-16-8-6-11/h2-10H,1H3,(H2,15,17)/t10-/m0/s1. The number of nitrogens with two attached hydrogens (primary N) is 1. The second kappa shape index (κ2) is 5.31. The number of carbonyl (C=O) groups is 1. The highest BCUT2D eigenvalue weighted by molar-refractivity contribution is 5.78. The van der Waals surface area contributed by atoms with Crippen molar-refractivity contribution in [1.82, 2.24) is 4.98 Å². The summed E-state index contributed by atoms with van der Waals surface area (Å²) >= 11 is 0. The van der Waals surface area contributed by atoms with E-state index in [0.29, 0.717) is 5.75 Å². The van der Waals surface area contributed by atoms with E-state index in [1.807, 2.05) is 30.3 Å². The number of amides is 1. The summed E-state index contributed by atoms with van der Waals surface area (Å²) in [6.45, 7) is 1.63. The molecule has 1 aromatic heterocycles. The minimum atomic E-state index is -0.641. The Kier molecular flexibility index (Phi) is 3.57.